The van der Waals surface area contributed by atoms with Crippen molar-refractivity contribution < 1.29 is 14.0 Å². The molecule has 0 bridgehead atoms. The van der Waals surface area contributed by atoms with Crippen LogP contribution in [-0.2, 0) is 11.3 Å². The van der Waals surface area contributed by atoms with Crippen molar-refractivity contribution in [3.63, 3.8) is 0 Å². The average molecular weight is 479 g/mol. The van der Waals surface area contributed by atoms with E-state index in [0.717, 1.165) is 22.5 Å². The number of furan rings is 1. The van der Waals surface area contributed by atoms with Crippen molar-refractivity contribution in [3.8, 4) is 16.9 Å². The Morgan fingerprint density at radius 2 is 1.65 bits per heavy atom. The lowest BCUT2D eigenvalue weighted by Gasteiger charge is -2.06. The Morgan fingerprint density at radius 3 is 2.32 bits per heavy atom. The minimum absolute atomic E-state index is 0.134. The number of benzene rings is 2. The van der Waals surface area contributed by atoms with Gasteiger partial charge in [0, 0.05) is 23.9 Å². The molecule has 0 spiro atoms. The Labute approximate surface area is 187 Å². The fourth-order valence-electron chi connectivity index (χ4n) is 3.03. The molecule has 0 aliphatic carbocycles. The molecule has 4 rings (SSSR count). The van der Waals surface area contributed by atoms with Gasteiger partial charge in [-0.2, -0.15) is 5.10 Å². The summed E-state index contributed by atoms with van der Waals surface area (Å²) in [5.41, 5.74) is 3.53. The molecule has 2 N–H and O–H groups in total. The molecule has 0 aliphatic heterocycles. The van der Waals surface area contributed by atoms with Gasteiger partial charge in [-0.1, -0.05) is 48.5 Å². The van der Waals surface area contributed by atoms with Gasteiger partial charge in [0.2, 0.25) is 5.91 Å². The molecule has 2 aromatic heterocycles. The normalized spacial score (nSPS) is 10.6. The summed E-state index contributed by atoms with van der Waals surface area (Å²) in [6, 6.07) is 22.7. The van der Waals surface area contributed by atoms with Gasteiger partial charge in [0.15, 0.2) is 10.4 Å². The third kappa shape index (κ3) is 5.10. The zero-order valence-electron chi connectivity index (χ0n) is 16.4. The van der Waals surface area contributed by atoms with Crippen molar-refractivity contribution in [2.45, 2.75) is 6.54 Å². The zero-order chi connectivity index (χ0) is 21.6. The largest absolute Gasteiger partial charge is 0.444 e. The average Bonchev–Trinajstić information content (AvgIpc) is 3.44. The second-order valence-corrected chi connectivity index (χ2v) is 7.49. The fourth-order valence-corrected chi connectivity index (χ4v) is 3.34. The van der Waals surface area contributed by atoms with Crippen LogP contribution in [0, 0.1) is 0 Å². The molecule has 156 valence electrons. The quantitative estimate of drug-likeness (QED) is 0.420. The van der Waals surface area contributed by atoms with Crippen LogP contribution in [0.3, 0.4) is 0 Å². The van der Waals surface area contributed by atoms with E-state index in [-0.39, 0.29) is 24.8 Å². The van der Waals surface area contributed by atoms with Gasteiger partial charge in [0.05, 0.1) is 17.9 Å². The number of rotatable bonds is 7. The number of amides is 2. The minimum atomic E-state index is -0.456. The van der Waals surface area contributed by atoms with Crippen molar-refractivity contribution in [3.05, 3.63) is 95.0 Å². The number of nitrogens with one attached hydrogen (secondary N) is 2. The van der Waals surface area contributed by atoms with Crippen molar-refractivity contribution in [1.29, 1.82) is 0 Å². The maximum absolute atomic E-state index is 12.3. The Hall–Kier alpha value is -3.65. The first-order valence-corrected chi connectivity index (χ1v) is 10.4. The topological polar surface area (TPSA) is 89.2 Å². The van der Waals surface area contributed by atoms with Crippen molar-refractivity contribution in [2.24, 2.45) is 0 Å². The van der Waals surface area contributed by atoms with Gasteiger partial charge in [-0.05, 0) is 40.2 Å². The number of hydrogen-bond acceptors (Lipinski definition) is 4. The molecule has 0 saturated carbocycles. The van der Waals surface area contributed by atoms with E-state index < -0.39 is 5.91 Å². The summed E-state index contributed by atoms with van der Waals surface area (Å²) in [7, 11) is 0. The molecular formula is C23H19BrN4O3. The zero-order valence-corrected chi connectivity index (χ0v) is 18.0. The van der Waals surface area contributed by atoms with Gasteiger partial charge < -0.3 is 15.1 Å². The highest BCUT2D eigenvalue weighted by Gasteiger charge is 2.15. The Kier molecular flexibility index (Phi) is 6.28. The van der Waals surface area contributed by atoms with Crippen LogP contribution in [-0.4, -0.2) is 28.1 Å². The first-order valence-electron chi connectivity index (χ1n) is 9.60. The van der Waals surface area contributed by atoms with Gasteiger partial charge in [-0.15, -0.1) is 0 Å². The molecule has 0 radical (unpaired) electrons. The molecule has 7 nitrogen and oxygen atoms in total. The van der Waals surface area contributed by atoms with Crippen molar-refractivity contribution in [1.82, 2.24) is 20.4 Å². The summed E-state index contributed by atoms with van der Waals surface area (Å²) in [4.78, 5) is 24.3. The number of halogens is 1. The number of nitrogens with zero attached hydrogens (tertiary/aromatic N) is 2. The van der Waals surface area contributed by atoms with Gasteiger partial charge in [-0.3, -0.25) is 9.59 Å². The molecule has 0 aliphatic rings. The lowest BCUT2D eigenvalue weighted by Crippen LogP contribution is -2.36. The van der Waals surface area contributed by atoms with E-state index in [0.29, 0.717) is 4.67 Å². The summed E-state index contributed by atoms with van der Waals surface area (Å²) in [6.07, 6.45) is 1.90. The lowest BCUT2D eigenvalue weighted by molar-refractivity contribution is -0.120. The number of hydrogen-bond donors (Lipinski definition) is 2. The van der Waals surface area contributed by atoms with E-state index in [1.165, 1.54) is 6.07 Å². The third-order valence-corrected chi connectivity index (χ3v) is 4.97. The molecule has 0 atom stereocenters. The molecule has 8 heteroatoms. The number of carbonyl (C=O) groups excluding carboxylic acids is 2. The van der Waals surface area contributed by atoms with Crippen LogP contribution in [0.2, 0.25) is 0 Å². The van der Waals surface area contributed by atoms with Crippen LogP contribution in [0.5, 0.6) is 0 Å². The highest BCUT2D eigenvalue weighted by Crippen LogP contribution is 2.23. The Bertz CT molecular complexity index is 1190. The SMILES string of the molecule is O=C(CNC(=O)c1ccc(Br)o1)NCc1cn(-c2ccccc2)nc1-c1ccccc1. The van der Waals surface area contributed by atoms with Crippen LogP contribution in [0.4, 0.5) is 0 Å². The molecular weight excluding hydrogens is 460 g/mol. The van der Waals surface area contributed by atoms with Crippen LogP contribution >= 0.6 is 15.9 Å². The number of carbonyl (C=O) groups is 2. The summed E-state index contributed by atoms with van der Waals surface area (Å²) in [5.74, 6) is -0.636. The molecule has 4 aromatic rings. The molecule has 0 saturated heterocycles. The van der Waals surface area contributed by atoms with E-state index in [1.54, 1.807) is 10.7 Å². The van der Waals surface area contributed by atoms with Crippen LogP contribution in [0.15, 0.2) is 88.1 Å². The van der Waals surface area contributed by atoms with Crippen LogP contribution in [0.1, 0.15) is 16.1 Å². The second-order valence-electron chi connectivity index (χ2n) is 6.71. The van der Waals surface area contributed by atoms with E-state index in [1.807, 2.05) is 66.9 Å². The highest BCUT2D eigenvalue weighted by molar-refractivity contribution is 9.10. The maximum atomic E-state index is 12.3. The van der Waals surface area contributed by atoms with Gasteiger partial charge in [0.1, 0.15) is 0 Å². The predicted octanol–water partition coefficient (Wildman–Crippen LogP) is 3.94. The Balaban J connectivity index is 1.45. The lowest BCUT2D eigenvalue weighted by atomic mass is 10.1. The monoisotopic (exact) mass is 478 g/mol. The summed E-state index contributed by atoms with van der Waals surface area (Å²) in [6.45, 7) is 0.114. The molecule has 0 unspecified atom stereocenters. The maximum Gasteiger partial charge on any atom is 0.287 e. The predicted molar refractivity (Wildman–Crippen MR) is 120 cm³/mol. The number of aromatic nitrogens is 2. The summed E-state index contributed by atoms with van der Waals surface area (Å²) in [5, 5.41) is 10.1. The van der Waals surface area contributed by atoms with Crippen LogP contribution < -0.4 is 10.6 Å². The van der Waals surface area contributed by atoms with Crippen LogP contribution in [0.25, 0.3) is 16.9 Å². The van der Waals surface area contributed by atoms with E-state index in [2.05, 4.69) is 26.6 Å². The third-order valence-electron chi connectivity index (χ3n) is 4.54. The van der Waals surface area contributed by atoms with E-state index in [4.69, 9.17) is 9.52 Å². The van der Waals surface area contributed by atoms with Gasteiger partial charge >= 0.3 is 0 Å². The number of para-hydroxylation sites is 1. The molecule has 2 aromatic carbocycles. The molecule has 2 amide bonds. The van der Waals surface area contributed by atoms with Crippen molar-refractivity contribution >= 4 is 27.7 Å². The standard InChI is InChI=1S/C23H19BrN4O3/c24-20-12-11-19(31-20)23(30)26-14-21(29)25-13-17-15-28(18-9-5-2-6-10-18)27-22(17)16-7-3-1-4-8-16/h1-12,15H,13-14H2,(H,25,29)(H,26,30). The smallest absolute Gasteiger partial charge is 0.287 e. The molecule has 2 heterocycles. The summed E-state index contributed by atoms with van der Waals surface area (Å²) >= 11 is 3.14. The van der Waals surface area contributed by atoms with Gasteiger partial charge in [-0.25, -0.2) is 4.68 Å². The second kappa shape index (κ2) is 9.44. The highest BCUT2D eigenvalue weighted by atomic mass is 79.9. The minimum Gasteiger partial charge on any atom is -0.444 e. The Morgan fingerprint density at radius 1 is 0.935 bits per heavy atom. The van der Waals surface area contributed by atoms with E-state index in [9.17, 15) is 9.59 Å². The molecule has 0 fully saturated rings. The summed E-state index contributed by atoms with van der Waals surface area (Å²) < 4.78 is 7.42. The van der Waals surface area contributed by atoms with E-state index >= 15 is 0 Å². The first kappa shape index (κ1) is 20.6. The fraction of sp³-hybridized carbons (Fsp3) is 0.0870. The first-order chi connectivity index (χ1) is 15.1. The molecule has 31 heavy (non-hydrogen) atoms. The van der Waals surface area contributed by atoms with Crippen molar-refractivity contribution in [2.75, 3.05) is 6.54 Å². The van der Waals surface area contributed by atoms with Gasteiger partial charge in [0.25, 0.3) is 5.91 Å².